The van der Waals surface area contributed by atoms with Gasteiger partial charge in [0.15, 0.2) is 0 Å². The fourth-order valence-electron chi connectivity index (χ4n) is 0.774. The molecule has 1 rings (SSSR count). The van der Waals surface area contributed by atoms with Gasteiger partial charge in [0.1, 0.15) is 0 Å². The van der Waals surface area contributed by atoms with Crippen LogP contribution in [0.3, 0.4) is 0 Å². The van der Waals surface area contributed by atoms with Crippen LogP contribution in [0.1, 0.15) is 12.8 Å². The summed E-state index contributed by atoms with van der Waals surface area (Å²) >= 11 is 0. The topological polar surface area (TPSA) is 63.9 Å². The smallest absolute Gasteiger partial charge is 0.246 e. The molecular formula is C4H9NO3. The molecule has 1 fully saturated rings. The van der Waals surface area contributed by atoms with Crippen LogP contribution in [0.5, 0.6) is 0 Å². The maximum absolute atomic E-state index is 8.69. The molecule has 1 aliphatic rings. The normalized spacial score (nSPS) is 28.9. The Hall–Kier alpha value is -0.160. The Labute approximate surface area is 46.9 Å². The number of nitrogens with zero attached hydrogens (tertiary/aromatic N) is 1. The minimum atomic E-state index is -1.96. The van der Waals surface area contributed by atoms with E-state index in [0.29, 0.717) is 18.0 Å². The predicted molar refractivity (Wildman–Crippen MR) is 24.9 cm³/mol. The quantitative estimate of drug-likeness (QED) is 0.362. The lowest BCUT2D eigenvalue weighted by molar-refractivity contribution is -0.340. The zero-order chi connectivity index (χ0) is 6.20. The van der Waals surface area contributed by atoms with Crippen LogP contribution in [0.15, 0.2) is 0 Å². The second kappa shape index (κ2) is 1.66. The number of rotatable bonds is 0. The van der Waals surface area contributed by atoms with Crippen molar-refractivity contribution in [3.05, 3.63) is 0 Å². The summed E-state index contributed by atoms with van der Waals surface area (Å²) < 4.78 is 0. The second-order valence-electron chi connectivity index (χ2n) is 2.00. The van der Waals surface area contributed by atoms with Crippen LogP contribution in [0.25, 0.3) is 0 Å². The molecule has 4 nitrogen and oxygen atoms in total. The van der Waals surface area contributed by atoms with Gasteiger partial charge in [0.05, 0.1) is 0 Å². The highest BCUT2D eigenvalue weighted by molar-refractivity contribution is 4.68. The summed E-state index contributed by atoms with van der Waals surface area (Å²) in [6.45, 7) is 0.340. The first-order valence-corrected chi connectivity index (χ1v) is 2.54. The lowest BCUT2D eigenvalue weighted by atomic mass is 10.3. The van der Waals surface area contributed by atoms with Crippen molar-refractivity contribution in [1.29, 1.82) is 0 Å². The molecule has 0 bridgehead atoms. The van der Waals surface area contributed by atoms with E-state index in [9.17, 15) is 0 Å². The van der Waals surface area contributed by atoms with Crippen LogP contribution in [0, 0.1) is 0 Å². The van der Waals surface area contributed by atoms with E-state index in [0.717, 1.165) is 0 Å². The van der Waals surface area contributed by atoms with E-state index in [-0.39, 0.29) is 6.42 Å². The van der Waals surface area contributed by atoms with E-state index in [2.05, 4.69) is 0 Å². The van der Waals surface area contributed by atoms with Gasteiger partial charge < -0.3 is 15.4 Å². The Morgan fingerprint density at radius 1 is 1.38 bits per heavy atom. The number of hydroxylamine groups is 2. The number of aliphatic hydroxyl groups is 2. The van der Waals surface area contributed by atoms with Gasteiger partial charge in [0.2, 0.25) is 5.91 Å². The molecule has 48 valence electrons. The average molecular weight is 119 g/mol. The third kappa shape index (κ3) is 0.830. The summed E-state index contributed by atoms with van der Waals surface area (Å²) in [7, 11) is 0. The van der Waals surface area contributed by atoms with Gasteiger partial charge in [-0.15, -0.1) is 5.06 Å². The van der Waals surface area contributed by atoms with Crippen LogP contribution in [-0.4, -0.2) is 32.9 Å². The molecule has 1 aliphatic heterocycles. The van der Waals surface area contributed by atoms with Gasteiger partial charge in [-0.2, -0.15) is 0 Å². The van der Waals surface area contributed by atoms with E-state index < -0.39 is 5.91 Å². The highest BCUT2D eigenvalue weighted by Gasteiger charge is 2.35. The monoisotopic (exact) mass is 119 g/mol. The van der Waals surface area contributed by atoms with Gasteiger partial charge in [-0.1, -0.05) is 0 Å². The molecule has 4 heteroatoms. The van der Waals surface area contributed by atoms with Gasteiger partial charge in [-0.05, 0) is 6.42 Å². The van der Waals surface area contributed by atoms with Crippen molar-refractivity contribution >= 4 is 0 Å². The minimum Gasteiger partial charge on any atom is -0.352 e. The lowest BCUT2D eigenvalue weighted by Gasteiger charge is -2.20. The van der Waals surface area contributed by atoms with Gasteiger partial charge >= 0.3 is 0 Å². The van der Waals surface area contributed by atoms with Crippen molar-refractivity contribution in [3.8, 4) is 0 Å². The maximum atomic E-state index is 8.69. The van der Waals surface area contributed by atoms with E-state index in [1.165, 1.54) is 0 Å². The summed E-state index contributed by atoms with van der Waals surface area (Å²) in [5.74, 6) is -1.96. The van der Waals surface area contributed by atoms with Crippen molar-refractivity contribution in [2.75, 3.05) is 6.54 Å². The zero-order valence-electron chi connectivity index (χ0n) is 4.41. The first-order valence-electron chi connectivity index (χ1n) is 2.54. The Morgan fingerprint density at radius 2 is 2.00 bits per heavy atom. The minimum absolute atomic E-state index is 0.226. The molecule has 0 atom stereocenters. The Morgan fingerprint density at radius 3 is 2.12 bits per heavy atom. The van der Waals surface area contributed by atoms with Crippen molar-refractivity contribution in [1.82, 2.24) is 5.06 Å². The molecule has 3 N–H and O–H groups in total. The Kier molecular flexibility index (Phi) is 1.24. The molecule has 0 aromatic carbocycles. The summed E-state index contributed by atoms with van der Waals surface area (Å²) in [6.07, 6.45) is 0.854. The molecule has 8 heavy (non-hydrogen) atoms. The van der Waals surface area contributed by atoms with Crippen LogP contribution >= 0.6 is 0 Å². The van der Waals surface area contributed by atoms with Gasteiger partial charge in [-0.25, -0.2) is 0 Å². The molecule has 1 heterocycles. The highest BCUT2D eigenvalue weighted by Crippen LogP contribution is 2.20. The Bertz CT molecular complexity index is 93.3. The van der Waals surface area contributed by atoms with Crippen molar-refractivity contribution in [2.24, 2.45) is 0 Å². The van der Waals surface area contributed by atoms with Crippen molar-refractivity contribution in [2.45, 2.75) is 18.8 Å². The molecule has 0 aromatic rings. The fourth-order valence-corrected chi connectivity index (χ4v) is 0.774. The van der Waals surface area contributed by atoms with Crippen molar-refractivity contribution in [3.63, 3.8) is 0 Å². The third-order valence-corrected chi connectivity index (χ3v) is 1.30. The molecule has 0 aliphatic carbocycles. The molecule has 0 spiro atoms. The van der Waals surface area contributed by atoms with E-state index >= 15 is 0 Å². The third-order valence-electron chi connectivity index (χ3n) is 1.30. The zero-order valence-corrected chi connectivity index (χ0v) is 4.41. The summed E-state index contributed by atoms with van der Waals surface area (Å²) in [5, 5.41) is 26.5. The summed E-state index contributed by atoms with van der Waals surface area (Å²) in [4.78, 5) is 0. The molecule has 1 saturated heterocycles. The van der Waals surface area contributed by atoms with Crippen LogP contribution < -0.4 is 0 Å². The van der Waals surface area contributed by atoms with E-state index in [1.807, 2.05) is 0 Å². The number of hydrogen-bond donors (Lipinski definition) is 3. The maximum Gasteiger partial charge on any atom is 0.246 e. The molecule has 0 amide bonds. The molecule has 0 radical (unpaired) electrons. The van der Waals surface area contributed by atoms with Crippen LogP contribution in [-0.2, 0) is 0 Å². The average Bonchev–Trinajstić information content (AvgIpc) is 1.86. The van der Waals surface area contributed by atoms with Gasteiger partial charge in [-0.3, -0.25) is 0 Å². The summed E-state index contributed by atoms with van der Waals surface area (Å²) in [5.41, 5.74) is 0. The van der Waals surface area contributed by atoms with Crippen LogP contribution in [0.4, 0.5) is 0 Å². The van der Waals surface area contributed by atoms with E-state index in [4.69, 9.17) is 15.4 Å². The molecule has 0 unspecified atom stereocenters. The molecular weight excluding hydrogens is 110 g/mol. The molecule has 0 aromatic heterocycles. The predicted octanol–water partition coefficient (Wildman–Crippen LogP) is -0.890. The lowest BCUT2D eigenvalue weighted by Crippen LogP contribution is -2.40. The first kappa shape index (κ1) is 5.97. The fraction of sp³-hybridized carbons (Fsp3) is 1.00. The molecule has 0 saturated carbocycles. The standard InChI is InChI=1S/C4H9NO3/c6-4(7)2-1-3-5(4)8/h6-8H,1-3H2. The second-order valence-corrected chi connectivity index (χ2v) is 2.00. The first-order chi connectivity index (χ1) is 3.63. The van der Waals surface area contributed by atoms with Gasteiger partial charge in [0.25, 0.3) is 0 Å². The summed E-state index contributed by atoms with van der Waals surface area (Å²) in [6, 6.07) is 0. The Balaban J connectivity index is 2.54. The van der Waals surface area contributed by atoms with Crippen LogP contribution in [0.2, 0.25) is 0 Å². The van der Waals surface area contributed by atoms with Gasteiger partial charge in [0, 0.05) is 13.0 Å². The van der Waals surface area contributed by atoms with E-state index in [1.54, 1.807) is 0 Å². The largest absolute Gasteiger partial charge is 0.352 e. The van der Waals surface area contributed by atoms with Crippen molar-refractivity contribution < 1.29 is 15.4 Å². The number of hydrogen-bond acceptors (Lipinski definition) is 4. The SMILES string of the molecule is ON1CCCC1(O)O. The highest BCUT2D eigenvalue weighted by atomic mass is 16.6.